The van der Waals surface area contributed by atoms with Crippen LogP contribution >= 0.6 is 0 Å². The summed E-state index contributed by atoms with van der Waals surface area (Å²) >= 11 is 0. The van der Waals surface area contributed by atoms with Gasteiger partial charge in [0.1, 0.15) is 5.69 Å². The van der Waals surface area contributed by atoms with Gasteiger partial charge in [-0.15, -0.1) is 5.10 Å². The highest BCUT2D eigenvalue weighted by molar-refractivity contribution is 5.56. The standard InChI is InChI=1S/C21H19F7N6O/c22-18(21(26,27)28)35-14-2-1-7-34-17(14)31-19(32-34)30-16-11-3-4-12(16)10-33(9-11)13-5-6-29-15(8-13)20(23,24)25/h1-2,5-8,11-12,16,18H,3-4,9-10H2,(H,30,32)/t11-,12+,16-,18-/m0/s1. The molecule has 35 heavy (non-hydrogen) atoms. The van der Waals surface area contributed by atoms with Crippen molar-refractivity contribution in [1.82, 2.24) is 19.6 Å². The van der Waals surface area contributed by atoms with Gasteiger partial charge in [0.15, 0.2) is 11.4 Å². The van der Waals surface area contributed by atoms with Crippen LogP contribution in [0.15, 0.2) is 36.7 Å². The van der Waals surface area contributed by atoms with Crippen LogP contribution < -0.4 is 15.0 Å². The van der Waals surface area contributed by atoms with Gasteiger partial charge < -0.3 is 15.0 Å². The number of piperidine rings is 1. The summed E-state index contributed by atoms with van der Waals surface area (Å²) in [6.07, 6.45) is -8.95. The predicted molar refractivity (Wildman–Crippen MR) is 110 cm³/mol. The molecule has 0 amide bonds. The van der Waals surface area contributed by atoms with Crippen LogP contribution in [0.3, 0.4) is 0 Å². The number of ether oxygens (including phenoxy) is 1. The number of halogens is 7. The van der Waals surface area contributed by atoms with Crippen LogP contribution in [0, 0.1) is 11.8 Å². The SMILES string of the molecule is F[C@@H](Oc1cccn2nc(N[C@@H]3[C@@H]4CC[C@H]3CN(c3ccnc(C(F)(F)F)c3)C4)nc12)C(F)(F)F. The molecule has 0 radical (unpaired) electrons. The normalized spacial score (nSPS) is 23.5. The number of nitrogens with zero attached hydrogens (tertiary/aromatic N) is 5. The third-order valence-electron chi connectivity index (χ3n) is 6.34. The van der Waals surface area contributed by atoms with Crippen molar-refractivity contribution in [1.29, 1.82) is 0 Å². The largest absolute Gasteiger partial charge is 0.457 e. The molecule has 5 rings (SSSR count). The monoisotopic (exact) mass is 504 g/mol. The van der Waals surface area contributed by atoms with Crippen LogP contribution in [-0.4, -0.2) is 51.2 Å². The predicted octanol–water partition coefficient (Wildman–Crippen LogP) is 4.71. The van der Waals surface area contributed by atoms with Crippen molar-refractivity contribution in [3.63, 3.8) is 0 Å². The number of aromatic nitrogens is 4. The molecule has 3 aromatic rings. The van der Waals surface area contributed by atoms with E-state index in [2.05, 4.69) is 25.1 Å². The first-order valence-corrected chi connectivity index (χ1v) is 10.8. The number of anilines is 2. The molecular formula is C21H19F7N6O. The second-order valence-corrected chi connectivity index (χ2v) is 8.62. The van der Waals surface area contributed by atoms with E-state index in [4.69, 9.17) is 0 Å². The summed E-state index contributed by atoms with van der Waals surface area (Å²) in [5, 5.41) is 7.43. The van der Waals surface area contributed by atoms with Crippen LogP contribution in [0.2, 0.25) is 0 Å². The lowest BCUT2D eigenvalue weighted by molar-refractivity contribution is -0.236. The highest BCUT2D eigenvalue weighted by Gasteiger charge is 2.44. The molecule has 2 bridgehead atoms. The molecule has 2 fully saturated rings. The summed E-state index contributed by atoms with van der Waals surface area (Å²) in [6, 6.07) is 5.03. The third-order valence-corrected chi connectivity index (χ3v) is 6.34. The second kappa shape index (κ2) is 8.41. The molecule has 0 spiro atoms. The molecule has 7 nitrogen and oxygen atoms in total. The Balaban J connectivity index is 1.32. The smallest absolute Gasteiger partial charge is 0.448 e. The minimum atomic E-state index is -5.18. The van der Waals surface area contributed by atoms with Crippen LogP contribution in [0.25, 0.3) is 5.65 Å². The Morgan fingerprint density at radius 2 is 1.77 bits per heavy atom. The second-order valence-electron chi connectivity index (χ2n) is 8.62. The van der Waals surface area contributed by atoms with Crippen LogP contribution in [0.5, 0.6) is 5.75 Å². The van der Waals surface area contributed by atoms with E-state index >= 15 is 0 Å². The number of pyridine rings is 2. The number of rotatable bonds is 5. The number of hydrogen-bond acceptors (Lipinski definition) is 6. The van der Waals surface area contributed by atoms with E-state index < -0.39 is 30.2 Å². The molecule has 0 unspecified atom stereocenters. The Morgan fingerprint density at radius 3 is 2.43 bits per heavy atom. The maximum atomic E-state index is 13.4. The van der Waals surface area contributed by atoms with Crippen molar-refractivity contribution in [3.05, 3.63) is 42.4 Å². The van der Waals surface area contributed by atoms with Gasteiger partial charge in [0.25, 0.3) is 0 Å². The van der Waals surface area contributed by atoms with E-state index in [1.54, 1.807) is 6.07 Å². The fraction of sp³-hybridized carbons (Fsp3) is 0.476. The van der Waals surface area contributed by atoms with Crippen molar-refractivity contribution in [2.24, 2.45) is 11.8 Å². The minimum Gasteiger partial charge on any atom is -0.448 e. The topological polar surface area (TPSA) is 67.6 Å². The molecule has 4 heterocycles. The lowest BCUT2D eigenvalue weighted by atomic mass is 9.92. The molecule has 3 aromatic heterocycles. The molecule has 0 aromatic carbocycles. The van der Waals surface area contributed by atoms with E-state index in [0.717, 1.165) is 31.2 Å². The summed E-state index contributed by atoms with van der Waals surface area (Å²) < 4.78 is 95.8. The van der Waals surface area contributed by atoms with Crippen molar-refractivity contribution in [3.8, 4) is 5.75 Å². The average Bonchev–Trinajstić information content (AvgIpc) is 3.29. The lowest BCUT2D eigenvalue weighted by Gasteiger charge is -2.39. The zero-order chi connectivity index (χ0) is 25.0. The first kappa shape index (κ1) is 23.4. The number of fused-ring (bicyclic) bond motifs is 3. The van der Waals surface area contributed by atoms with Gasteiger partial charge in [-0.1, -0.05) is 0 Å². The van der Waals surface area contributed by atoms with Gasteiger partial charge in [-0.3, -0.25) is 4.98 Å². The highest BCUT2D eigenvalue weighted by atomic mass is 19.4. The quantitative estimate of drug-likeness (QED) is 0.508. The van der Waals surface area contributed by atoms with Crippen molar-refractivity contribution >= 4 is 17.3 Å². The molecular weight excluding hydrogens is 485 g/mol. The molecule has 1 aliphatic carbocycles. The molecule has 1 aliphatic heterocycles. The molecule has 2 aliphatic rings. The van der Waals surface area contributed by atoms with Gasteiger partial charge >= 0.3 is 18.7 Å². The van der Waals surface area contributed by atoms with Crippen molar-refractivity contribution < 1.29 is 35.5 Å². The van der Waals surface area contributed by atoms with Gasteiger partial charge in [-0.25, -0.2) is 4.52 Å². The van der Waals surface area contributed by atoms with Gasteiger partial charge in [0, 0.05) is 37.2 Å². The van der Waals surface area contributed by atoms with Gasteiger partial charge in [0.05, 0.1) is 0 Å². The maximum Gasteiger partial charge on any atom is 0.457 e. The Morgan fingerprint density at radius 1 is 1.06 bits per heavy atom. The number of hydrogen-bond donors (Lipinski definition) is 1. The van der Waals surface area contributed by atoms with Crippen LogP contribution in [0.4, 0.5) is 42.4 Å². The molecule has 1 N–H and O–H groups in total. The molecule has 1 saturated carbocycles. The van der Waals surface area contributed by atoms with E-state index in [9.17, 15) is 30.7 Å². The van der Waals surface area contributed by atoms with Gasteiger partial charge in [-0.05, 0) is 48.9 Å². The highest BCUT2D eigenvalue weighted by Crippen LogP contribution is 2.41. The molecule has 4 atom stereocenters. The fourth-order valence-corrected chi connectivity index (χ4v) is 4.80. The van der Waals surface area contributed by atoms with E-state index in [0.29, 0.717) is 18.8 Å². The minimum absolute atomic E-state index is 0.0804. The number of nitrogens with one attached hydrogen (secondary N) is 1. The van der Waals surface area contributed by atoms with Crippen molar-refractivity contribution in [2.45, 2.75) is 37.6 Å². The van der Waals surface area contributed by atoms with Crippen molar-refractivity contribution in [2.75, 3.05) is 23.3 Å². The number of alkyl halides is 7. The summed E-state index contributed by atoms with van der Waals surface area (Å²) in [5.74, 6) is -0.103. The first-order valence-electron chi connectivity index (χ1n) is 10.8. The van der Waals surface area contributed by atoms with Gasteiger partial charge in [-0.2, -0.15) is 35.7 Å². The van der Waals surface area contributed by atoms with E-state index in [1.807, 2.05) is 4.90 Å². The summed E-state index contributed by atoms with van der Waals surface area (Å²) in [7, 11) is 0. The zero-order valence-electron chi connectivity index (χ0n) is 17.9. The van der Waals surface area contributed by atoms with Crippen LogP contribution in [0.1, 0.15) is 18.5 Å². The molecule has 14 heteroatoms. The molecule has 1 saturated heterocycles. The Bertz CT molecular complexity index is 1200. The summed E-state index contributed by atoms with van der Waals surface area (Å²) in [5.41, 5.74) is -0.584. The van der Waals surface area contributed by atoms with Gasteiger partial charge in [0.2, 0.25) is 5.95 Å². The van der Waals surface area contributed by atoms with E-state index in [-0.39, 0.29) is 29.5 Å². The van der Waals surface area contributed by atoms with Crippen LogP contribution in [-0.2, 0) is 6.18 Å². The summed E-state index contributed by atoms with van der Waals surface area (Å²) in [6.45, 7) is 1.01. The lowest BCUT2D eigenvalue weighted by Crippen LogP contribution is -2.48. The Labute approximate surface area is 193 Å². The summed E-state index contributed by atoms with van der Waals surface area (Å²) in [4.78, 5) is 9.50. The van der Waals surface area contributed by atoms with E-state index in [1.165, 1.54) is 16.8 Å². The Kier molecular flexibility index (Phi) is 5.63. The molecule has 188 valence electrons. The third kappa shape index (κ3) is 4.65. The zero-order valence-corrected chi connectivity index (χ0v) is 17.9. The first-order chi connectivity index (χ1) is 16.5. The maximum absolute atomic E-state index is 13.4. The average molecular weight is 504 g/mol. The fourth-order valence-electron chi connectivity index (χ4n) is 4.80. The Hall–Kier alpha value is -3.32.